The first-order valence-corrected chi connectivity index (χ1v) is 9.24. The molecule has 1 aromatic rings. The molecule has 1 aliphatic rings. The van der Waals surface area contributed by atoms with Crippen LogP contribution in [0.2, 0.25) is 5.02 Å². The lowest BCUT2D eigenvalue weighted by molar-refractivity contribution is 0.177. The van der Waals surface area contributed by atoms with E-state index in [4.69, 9.17) is 22.1 Å². The summed E-state index contributed by atoms with van der Waals surface area (Å²) in [7, 11) is -3.72. The second-order valence-electron chi connectivity index (χ2n) is 6.51. The molecule has 2 rings (SSSR count). The summed E-state index contributed by atoms with van der Waals surface area (Å²) >= 11 is 5.94. The van der Waals surface area contributed by atoms with E-state index >= 15 is 0 Å². The van der Waals surface area contributed by atoms with E-state index in [0.717, 1.165) is 12.8 Å². The number of benzene rings is 1. The highest BCUT2D eigenvalue weighted by Crippen LogP contribution is 2.31. The maximum atomic E-state index is 12.5. The molecule has 0 heterocycles. The summed E-state index contributed by atoms with van der Waals surface area (Å²) in [5, 5.41) is 0.350. The monoisotopic (exact) mass is 382 g/mol. The highest BCUT2D eigenvalue weighted by atomic mass is 35.5. The van der Waals surface area contributed by atoms with Crippen LogP contribution in [0.5, 0.6) is 5.75 Å². The number of hydrogen-bond donors (Lipinski definition) is 2. The van der Waals surface area contributed by atoms with Gasteiger partial charge in [-0.25, -0.2) is 13.1 Å². The van der Waals surface area contributed by atoms with Gasteiger partial charge in [0.25, 0.3) is 0 Å². The van der Waals surface area contributed by atoms with E-state index in [-0.39, 0.29) is 23.8 Å². The van der Waals surface area contributed by atoms with Crippen molar-refractivity contribution < 1.29 is 13.2 Å². The molecular formula is C15H24Cl2N2O3S. The van der Waals surface area contributed by atoms with Crippen molar-refractivity contribution in [2.45, 2.75) is 43.5 Å². The van der Waals surface area contributed by atoms with Gasteiger partial charge in [0.2, 0.25) is 10.0 Å². The third kappa shape index (κ3) is 6.12. The summed E-state index contributed by atoms with van der Waals surface area (Å²) in [5.41, 5.74) is 5.19. The van der Waals surface area contributed by atoms with Crippen LogP contribution in [0.15, 0.2) is 23.1 Å². The minimum Gasteiger partial charge on any atom is -0.492 e. The summed E-state index contributed by atoms with van der Waals surface area (Å²) in [5.74, 6) is 0.848. The predicted octanol–water partition coefficient (Wildman–Crippen LogP) is 2.96. The Morgan fingerprint density at radius 2 is 2.04 bits per heavy atom. The Morgan fingerprint density at radius 1 is 1.39 bits per heavy atom. The van der Waals surface area contributed by atoms with E-state index < -0.39 is 15.6 Å². The maximum absolute atomic E-state index is 12.5. The van der Waals surface area contributed by atoms with E-state index in [9.17, 15) is 8.42 Å². The fraction of sp³-hybridized carbons (Fsp3) is 0.600. The Bertz CT molecular complexity index is 626. The van der Waals surface area contributed by atoms with E-state index in [0.29, 0.717) is 23.3 Å². The molecule has 0 amide bonds. The van der Waals surface area contributed by atoms with Crippen molar-refractivity contribution in [3.8, 4) is 5.75 Å². The lowest BCUT2D eigenvalue weighted by atomic mass is 9.86. The van der Waals surface area contributed by atoms with Crippen LogP contribution >= 0.6 is 24.0 Å². The third-order valence-electron chi connectivity index (χ3n) is 3.61. The Kier molecular flexibility index (Phi) is 7.16. The molecule has 3 N–H and O–H groups in total. The molecule has 1 fully saturated rings. The highest BCUT2D eigenvalue weighted by Gasteiger charge is 2.24. The number of nitrogens with two attached hydrogens (primary N) is 1. The summed E-state index contributed by atoms with van der Waals surface area (Å²) in [6, 6.07) is 4.64. The van der Waals surface area contributed by atoms with Crippen molar-refractivity contribution in [1.82, 2.24) is 4.72 Å². The SMILES string of the molecule is CC(C)(N)CNS(=O)(=O)c1cc(Cl)ccc1OCC1CCC1.Cl. The van der Waals surface area contributed by atoms with Crippen molar-refractivity contribution in [2.75, 3.05) is 13.2 Å². The molecule has 0 atom stereocenters. The molecule has 0 unspecified atom stereocenters. The topological polar surface area (TPSA) is 81.4 Å². The van der Waals surface area contributed by atoms with Crippen molar-refractivity contribution in [2.24, 2.45) is 11.7 Å². The minimum absolute atomic E-state index is 0. The van der Waals surface area contributed by atoms with E-state index in [2.05, 4.69) is 4.72 Å². The Labute approximate surface area is 149 Å². The van der Waals surface area contributed by atoms with Crippen LogP contribution < -0.4 is 15.2 Å². The zero-order valence-electron chi connectivity index (χ0n) is 13.3. The molecule has 132 valence electrons. The van der Waals surface area contributed by atoms with Crippen LogP contribution in [0.3, 0.4) is 0 Å². The number of hydrogen-bond acceptors (Lipinski definition) is 4. The van der Waals surface area contributed by atoms with Crippen LogP contribution in [0.4, 0.5) is 0 Å². The van der Waals surface area contributed by atoms with E-state index in [1.165, 1.54) is 12.5 Å². The van der Waals surface area contributed by atoms with Gasteiger partial charge in [-0.3, -0.25) is 0 Å². The average molecular weight is 383 g/mol. The van der Waals surface area contributed by atoms with Crippen molar-refractivity contribution >= 4 is 34.0 Å². The molecule has 0 aliphatic heterocycles. The fourth-order valence-corrected chi connectivity index (χ4v) is 3.67. The minimum atomic E-state index is -3.72. The van der Waals surface area contributed by atoms with E-state index in [1.54, 1.807) is 26.0 Å². The van der Waals surface area contributed by atoms with E-state index in [1.807, 2.05) is 0 Å². The predicted molar refractivity (Wildman–Crippen MR) is 95.0 cm³/mol. The van der Waals surface area contributed by atoms with Gasteiger partial charge in [0.15, 0.2) is 0 Å². The summed E-state index contributed by atoms with van der Waals surface area (Å²) in [6.07, 6.45) is 3.48. The Morgan fingerprint density at radius 3 is 2.57 bits per heavy atom. The summed E-state index contributed by atoms with van der Waals surface area (Å²) in [6.45, 7) is 4.17. The lowest BCUT2D eigenvalue weighted by Crippen LogP contribution is -2.45. The zero-order valence-corrected chi connectivity index (χ0v) is 15.7. The number of ether oxygens (including phenoxy) is 1. The van der Waals surface area contributed by atoms with Gasteiger partial charge in [-0.05, 0) is 50.8 Å². The molecule has 8 heteroatoms. The molecule has 0 spiro atoms. The Hall–Kier alpha value is -0.530. The van der Waals surface area contributed by atoms with Gasteiger partial charge in [-0.1, -0.05) is 18.0 Å². The van der Waals surface area contributed by atoms with Gasteiger partial charge in [-0.2, -0.15) is 0 Å². The molecule has 1 aromatic carbocycles. The number of rotatable bonds is 7. The van der Waals surface area contributed by atoms with Gasteiger partial charge in [0.05, 0.1) is 6.61 Å². The molecule has 5 nitrogen and oxygen atoms in total. The second-order valence-corrected chi connectivity index (χ2v) is 8.68. The lowest BCUT2D eigenvalue weighted by Gasteiger charge is -2.26. The van der Waals surface area contributed by atoms with Gasteiger partial charge in [-0.15, -0.1) is 12.4 Å². The fourth-order valence-electron chi connectivity index (χ4n) is 2.04. The van der Waals surface area contributed by atoms with Crippen LogP contribution in [-0.4, -0.2) is 27.1 Å². The molecule has 1 saturated carbocycles. The average Bonchev–Trinajstić information content (AvgIpc) is 2.35. The number of halogens is 2. The first-order chi connectivity index (χ1) is 10.2. The summed E-state index contributed by atoms with van der Waals surface area (Å²) in [4.78, 5) is 0.0589. The van der Waals surface area contributed by atoms with Crippen LogP contribution in [0.1, 0.15) is 33.1 Å². The van der Waals surface area contributed by atoms with Crippen LogP contribution in [0.25, 0.3) is 0 Å². The zero-order chi connectivity index (χ0) is 16.4. The van der Waals surface area contributed by atoms with Gasteiger partial charge in [0.1, 0.15) is 10.6 Å². The number of nitrogens with one attached hydrogen (secondary N) is 1. The second kappa shape index (κ2) is 8.03. The first-order valence-electron chi connectivity index (χ1n) is 7.38. The quantitative estimate of drug-likeness (QED) is 0.759. The maximum Gasteiger partial charge on any atom is 0.244 e. The normalized spacial score (nSPS) is 15.7. The van der Waals surface area contributed by atoms with Crippen molar-refractivity contribution in [3.05, 3.63) is 23.2 Å². The van der Waals surface area contributed by atoms with Crippen molar-refractivity contribution in [3.63, 3.8) is 0 Å². The molecule has 0 radical (unpaired) electrons. The largest absolute Gasteiger partial charge is 0.492 e. The molecule has 0 bridgehead atoms. The highest BCUT2D eigenvalue weighted by molar-refractivity contribution is 7.89. The first kappa shape index (κ1) is 20.5. The smallest absolute Gasteiger partial charge is 0.244 e. The standard InChI is InChI=1S/C15H23ClN2O3S.ClH/c1-15(2,17)10-18-22(19,20)14-8-12(16)6-7-13(14)21-9-11-4-3-5-11;/h6-8,11,18H,3-5,9-10,17H2,1-2H3;1H. The molecule has 1 aliphatic carbocycles. The third-order valence-corrected chi connectivity index (χ3v) is 5.27. The molecule has 0 saturated heterocycles. The van der Waals surface area contributed by atoms with Gasteiger partial charge >= 0.3 is 0 Å². The van der Waals surface area contributed by atoms with Crippen LogP contribution in [-0.2, 0) is 10.0 Å². The molecular weight excluding hydrogens is 359 g/mol. The van der Waals surface area contributed by atoms with Gasteiger partial charge in [0, 0.05) is 17.1 Å². The van der Waals surface area contributed by atoms with Gasteiger partial charge < -0.3 is 10.5 Å². The van der Waals surface area contributed by atoms with Crippen LogP contribution in [0, 0.1) is 5.92 Å². The Balaban J connectivity index is 0.00000264. The molecule has 0 aromatic heterocycles. The molecule has 23 heavy (non-hydrogen) atoms. The van der Waals surface area contributed by atoms with Crippen molar-refractivity contribution in [1.29, 1.82) is 0 Å². The number of sulfonamides is 1. The summed E-state index contributed by atoms with van der Waals surface area (Å²) < 4.78 is 33.2.